The fourth-order valence-corrected chi connectivity index (χ4v) is 5.51. The Bertz CT molecular complexity index is 1420. The molecule has 3 heterocycles. The maximum atomic E-state index is 14.3. The van der Waals surface area contributed by atoms with Crippen molar-refractivity contribution in [2.75, 3.05) is 55.5 Å². The van der Waals surface area contributed by atoms with Gasteiger partial charge in [-0.3, -0.25) is 4.79 Å². The molecule has 1 saturated heterocycles. The van der Waals surface area contributed by atoms with Crippen LogP contribution in [-0.4, -0.2) is 56.3 Å². The number of halogens is 1. The zero-order valence-corrected chi connectivity index (χ0v) is 21.1. The van der Waals surface area contributed by atoms with Gasteiger partial charge >= 0.3 is 0 Å². The molecule has 1 fully saturated rings. The van der Waals surface area contributed by atoms with E-state index in [0.29, 0.717) is 53.9 Å². The summed E-state index contributed by atoms with van der Waals surface area (Å²) in [4.78, 5) is 27.8. The molecule has 0 aliphatic carbocycles. The van der Waals surface area contributed by atoms with Gasteiger partial charge in [-0.05, 0) is 36.8 Å². The number of fused-ring (bicyclic) bond motifs is 1. The Labute approximate surface area is 212 Å². The van der Waals surface area contributed by atoms with Gasteiger partial charge in [0.15, 0.2) is 0 Å². The van der Waals surface area contributed by atoms with Gasteiger partial charge in [-0.1, -0.05) is 12.1 Å². The van der Waals surface area contributed by atoms with Gasteiger partial charge in [0.2, 0.25) is 0 Å². The van der Waals surface area contributed by atoms with E-state index >= 15 is 0 Å². The number of anilines is 3. The topological polar surface area (TPSA) is 79.8 Å². The predicted octanol–water partition coefficient (Wildman–Crippen LogP) is 4.73. The smallest absolute Gasteiger partial charge is 0.266 e. The third-order valence-electron chi connectivity index (χ3n) is 6.34. The second-order valence-electron chi connectivity index (χ2n) is 8.38. The number of carbonyl (C=O) groups is 1. The summed E-state index contributed by atoms with van der Waals surface area (Å²) >= 11 is 1.33. The number of aromatic nitrogens is 2. The summed E-state index contributed by atoms with van der Waals surface area (Å²) in [6, 6.07) is 12.1. The van der Waals surface area contributed by atoms with Crippen LogP contribution in [0.4, 0.5) is 21.6 Å². The number of rotatable bonds is 6. The van der Waals surface area contributed by atoms with Crippen molar-refractivity contribution in [3.63, 3.8) is 0 Å². The highest BCUT2D eigenvalue weighted by Crippen LogP contribution is 2.37. The standard InChI is InChI=1S/C26H26FN5O3S/c1-16-22-24(32-12-10-31(11-13-32)20-7-5-4-6-18(20)27)28-15-29-26(22)36-23(16)25(33)30-19-14-17(34-2)8-9-21(19)35-3/h4-9,14-15H,10-13H2,1-3H3,(H,30,33). The predicted molar refractivity (Wildman–Crippen MR) is 140 cm³/mol. The maximum Gasteiger partial charge on any atom is 0.266 e. The van der Waals surface area contributed by atoms with Gasteiger partial charge in [-0.25, -0.2) is 14.4 Å². The van der Waals surface area contributed by atoms with Gasteiger partial charge in [0, 0.05) is 32.2 Å². The summed E-state index contributed by atoms with van der Waals surface area (Å²) in [5.74, 6) is 1.47. The van der Waals surface area contributed by atoms with Crippen molar-refractivity contribution in [1.82, 2.24) is 9.97 Å². The highest BCUT2D eigenvalue weighted by Gasteiger charge is 2.26. The molecule has 0 radical (unpaired) electrons. The quantitative estimate of drug-likeness (QED) is 0.404. The molecule has 1 amide bonds. The lowest BCUT2D eigenvalue weighted by Gasteiger charge is -2.37. The fraction of sp³-hybridized carbons (Fsp3) is 0.269. The second-order valence-corrected chi connectivity index (χ2v) is 9.38. The van der Waals surface area contributed by atoms with Crippen LogP contribution in [-0.2, 0) is 0 Å². The molecule has 0 unspecified atom stereocenters. The van der Waals surface area contributed by atoms with E-state index in [2.05, 4.69) is 20.2 Å². The molecule has 1 N–H and O–H groups in total. The number of nitrogens with zero attached hydrogens (tertiary/aromatic N) is 4. The van der Waals surface area contributed by atoms with Gasteiger partial charge in [-0.15, -0.1) is 11.3 Å². The summed E-state index contributed by atoms with van der Waals surface area (Å²) in [7, 11) is 3.12. The number of piperazine rings is 1. The third kappa shape index (κ3) is 4.39. The molecule has 1 aliphatic heterocycles. The Morgan fingerprint density at radius 3 is 2.50 bits per heavy atom. The number of aryl methyl sites for hydroxylation is 1. The Morgan fingerprint density at radius 2 is 1.78 bits per heavy atom. The second kappa shape index (κ2) is 9.98. The van der Waals surface area contributed by atoms with Gasteiger partial charge in [0.1, 0.15) is 34.3 Å². The first kappa shape index (κ1) is 23.8. The van der Waals surface area contributed by atoms with E-state index in [9.17, 15) is 9.18 Å². The molecule has 2 aromatic carbocycles. The average Bonchev–Trinajstić information content (AvgIpc) is 3.25. The molecule has 0 atom stereocenters. The van der Waals surface area contributed by atoms with Crippen molar-refractivity contribution in [3.05, 3.63) is 65.0 Å². The van der Waals surface area contributed by atoms with Crippen LogP contribution in [0.2, 0.25) is 0 Å². The number of nitrogens with one attached hydrogen (secondary N) is 1. The van der Waals surface area contributed by atoms with Crippen molar-refractivity contribution < 1.29 is 18.7 Å². The lowest BCUT2D eigenvalue weighted by molar-refractivity contribution is 0.102. The molecule has 0 saturated carbocycles. The Morgan fingerprint density at radius 1 is 1.03 bits per heavy atom. The first-order chi connectivity index (χ1) is 17.5. The number of benzene rings is 2. The summed E-state index contributed by atoms with van der Waals surface area (Å²) in [5, 5.41) is 3.81. The zero-order chi connectivity index (χ0) is 25.2. The van der Waals surface area contributed by atoms with Gasteiger partial charge < -0.3 is 24.6 Å². The van der Waals surface area contributed by atoms with E-state index in [4.69, 9.17) is 9.47 Å². The largest absolute Gasteiger partial charge is 0.497 e. The van der Waals surface area contributed by atoms with Crippen LogP contribution in [0.3, 0.4) is 0 Å². The number of methoxy groups -OCH3 is 2. The van der Waals surface area contributed by atoms with Crippen molar-refractivity contribution in [3.8, 4) is 11.5 Å². The fourth-order valence-electron chi connectivity index (χ4n) is 4.47. The molecule has 8 nitrogen and oxygen atoms in total. The van der Waals surface area contributed by atoms with E-state index in [1.165, 1.54) is 23.7 Å². The minimum atomic E-state index is -0.252. The molecular weight excluding hydrogens is 481 g/mol. The third-order valence-corrected chi connectivity index (χ3v) is 7.54. The Balaban J connectivity index is 1.40. The lowest BCUT2D eigenvalue weighted by atomic mass is 10.1. The maximum absolute atomic E-state index is 14.3. The minimum Gasteiger partial charge on any atom is -0.497 e. The summed E-state index contributed by atoms with van der Waals surface area (Å²) in [6.45, 7) is 4.60. The summed E-state index contributed by atoms with van der Waals surface area (Å²) in [6.07, 6.45) is 1.53. The van der Waals surface area contributed by atoms with Crippen LogP contribution in [0.5, 0.6) is 11.5 Å². The van der Waals surface area contributed by atoms with Crippen LogP contribution in [0.1, 0.15) is 15.2 Å². The van der Waals surface area contributed by atoms with Crippen molar-refractivity contribution in [2.24, 2.45) is 0 Å². The number of carbonyl (C=O) groups excluding carboxylic acids is 1. The monoisotopic (exact) mass is 507 g/mol. The minimum absolute atomic E-state index is 0.215. The van der Waals surface area contributed by atoms with Crippen molar-refractivity contribution in [2.45, 2.75) is 6.92 Å². The molecule has 4 aromatic rings. The van der Waals surface area contributed by atoms with E-state index in [1.54, 1.807) is 44.6 Å². The molecule has 10 heteroatoms. The molecule has 0 spiro atoms. The van der Waals surface area contributed by atoms with Crippen LogP contribution in [0.25, 0.3) is 10.2 Å². The van der Waals surface area contributed by atoms with Crippen LogP contribution in [0, 0.1) is 12.7 Å². The van der Waals surface area contributed by atoms with E-state index in [0.717, 1.165) is 21.6 Å². The van der Waals surface area contributed by atoms with Crippen molar-refractivity contribution in [1.29, 1.82) is 0 Å². The first-order valence-electron chi connectivity index (χ1n) is 11.5. The summed E-state index contributed by atoms with van der Waals surface area (Å²) < 4.78 is 24.9. The van der Waals surface area contributed by atoms with E-state index in [-0.39, 0.29) is 11.7 Å². The Kier molecular flexibility index (Phi) is 6.60. The molecule has 36 heavy (non-hydrogen) atoms. The average molecular weight is 508 g/mol. The number of para-hydroxylation sites is 1. The molecule has 2 aromatic heterocycles. The molecule has 0 bridgehead atoms. The lowest BCUT2D eigenvalue weighted by Crippen LogP contribution is -2.47. The van der Waals surface area contributed by atoms with Gasteiger partial charge in [-0.2, -0.15) is 0 Å². The SMILES string of the molecule is COc1ccc(OC)c(NC(=O)c2sc3ncnc(N4CCN(c5ccccc5F)CC4)c3c2C)c1. The number of ether oxygens (including phenoxy) is 2. The van der Waals surface area contributed by atoms with Gasteiger partial charge in [0.25, 0.3) is 5.91 Å². The van der Waals surface area contributed by atoms with Crippen LogP contribution in [0.15, 0.2) is 48.8 Å². The number of hydrogen-bond acceptors (Lipinski definition) is 8. The number of amides is 1. The molecular formula is C26H26FN5O3S. The van der Waals surface area contributed by atoms with Crippen molar-refractivity contribution >= 4 is 44.7 Å². The normalized spacial score (nSPS) is 13.7. The molecule has 186 valence electrons. The highest BCUT2D eigenvalue weighted by molar-refractivity contribution is 7.20. The van der Waals surface area contributed by atoms with Gasteiger partial charge in [0.05, 0.1) is 35.9 Å². The van der Waals surface area contributed by atoms with E-state index in [1.807, 2.05) is 17.9 Å². The van der Waals surface area contributed by atoms with E-state index < -0.39 is 0 Å². The Hall–Kier alpha value is -3.92. The number of hydrogen-bond donors (Lipinski definition) is 1. The molecule has 5 rings (SSSR count). The highest BCUT2D eigenvalue weighted by atomic mass is 32.1. The summed E-state index contributed by atoms with van der Waals surface area (Å²) in [5.41, 5.74) is 1.96. The molecule has 1 aliphatic rings. The first-order valence-corrected chi connectivity index (χ1v) is 12.3. The zero-order valence-electron chi connectivity index (χ0n) is 20.2. The van der Waals surface area contributed by atoms with Crippen LogP contribution >= 0.6 is 11.3 Å². The van der Waals surface area contributed by atoms with Crippen LogP contribution < -0.4 is 24.6 Å². The number of thiophene rings is 1.